The largest absolute Gasteiger partial charge is 0.478 e. The van der Waals surface area contributed by atoms with Gasteiger partial charge in [-0.2, -0.15) is 0 Å². The summed E-state index contributed by atoms with van der Waals surface area (Å²) in [5, 5.41) is 21.3. The minimum absolute atomic E-state index is 0.0266. The van der Waals surface area contributed by atoms with Crippen LogP contribution in [-0.2, 0) is 0 Å². The van der Waals surface area contributed by atoms with Crippen LogP contribution in [0.25, 0.3) is 10.1 Å². The number of hydrogen-bond acceptors (Lipinski definition) is 4. The van der Waals surface area contributed by atoms with Crippen molar-refractivity contribution in [2.24, 2.45) is 0 Å². The minimum atomic E-state index is -1.02. The first-order valence-electron chi connectivity index (χ1n) is 3.98. The van der Waals surface area contributed by atoms with Crippen molar-refractivity contribution >= 4 is 33.1 Å². The molecule has 0 amide bonds. The van der Waals surface area contributed by atoms with Gasteiger partial charge in [0.05, 0.1) is 10.5 Å². The number of rotatable bonds is 2. The Bertz CT molecular complexity index is 560. The number of thiophene rings is 1. The molecule has 0 aliphatic heterocycles. The highest BCUT2D eigenvalue weighted by atomic mass is 32.1. The quantitative estimate of drug-likeness (QED) is 0.626. The Kier molecular flexibility index (Phi) is 2.12. The lowest BCUT2D eigenvalue weighted by Gasteiger charge is -1.93. The molecule has 0 unspecified atom stereocenters. The average molecular weight is 223 g/mol. The van der Waals surface area contributed by atoms with Crippen LogP contribution >= 0.6 is 11.3 Å². The van der Waals surface area contributed by atoms with Gasteiger partial charge in [-0.25, -0.2) is 4.79 Å². The molecule has 0 fully saturated rings. The van der Waals surface area contributed by atoms with Crippen LogP contribution in [0.15, 0.2) is 23.6 Å². The summed E-state index contributed by atoms with van der Waals surface area (Å²) >= 11 is 1.19. The van der Waals surface area contributed by atoms with Gasteiger partial charge >= 0.3 is 5.97 Å². The first-order chi connectivity index (χ1) is 7.09. The number of nitro benzene ring substituents is 1. The second-order valence-electron chi connectivity index (χ2n) is 2.89. The van der Waals surface area contributed by atoms with Gasteiger partial charge in [-0.3, -0.25) is 10.1 Å². The summed E-state index contributed by atoms with van der Waals surface area (Å²) in [6.07, 6.45) is 0. The second-order valence-corrected chi connectivity index (χ2v) is 3.80. The first kappa shape index (κ1) is 9.60. The molecule has 0 aliphatic rings. The van der Waals surface area contributed by atoms with E-state index >= 15 is 0 Å². The lowest BCUT2D eigenvalue weighted by atomic mass is 10.2. The van der Waals surface area contributed by atoms with E-state index in [9.17, 15) is 14.9 Å². The van der Waals surface area contributed by atoms with Crippen LogP contribution in [0.4, 0.5) is 5.69 Å². The summed E-state index contributed by atoms with van der Waals surface area (Å²) < 4.78 is 0.613. The maximum atomic E-state index is 10.8. The minimum Gasteiger partial charge on any atom is -0.478 e. The Morgan fingerprint density at radius 1 is 1.47 bits per heavy atom. The molecule has 0 bridgehead atoms. The van der Waals surface area contributed by atoms with Crippen molar-refractivity contribution in [2.45, 2.75) is 0 Å². The lowest BCUT2D eigenvalue weighted by Crippen LogP contribution is -1.93. The van der Waals surface area contributed by atoms with E-state index in [0.717, 1.165) is 0 Å². The molecule has 0 atom stereocenters. The number of carboxylic acid groups (broad SMARTS) is 1. The van der Waals surface area contributed by atoms with Gasteiger partial charge in [-0.15, -0.1) is 11.3 Å². The number of hydrogen-bond donors (Lipinski definition) is 1. The number of aromatic carboxylic acids is 1. The number of benzene rings is 1. The highest BCUT2D eigenvalue weighted by molar-refractivity contribution is 7.17. The summed E-state index contributed by atoms with van der Waals surface area (Å²) in [7, 11) is 0. The molecule has 1 aromatic carbocycles. The fourth-order valence-corrected chi connectivity index (χ4v) is 2.26. The molecule has 15 heavy (non-hydrogen) atoms. The Hall–Kier alpha value is -1.95. The van der Waals surface area contributed by atoms with Crippen LogP contribution in [0.3, 0.4) is 0 Å². The van der Waals surface area contributed by atoms with Crippen molar-refractivity contribution in [1.82, 2.24) is 0 Å². The zero-order chi connectivity index (χ0) is 11.0. The van der Waals surface area contributed by atoms with Gasteiger partial charge in [-0.05, 0) is 6.07 Å². The van der Waals surface area contributed by atoms with Gasteiger partial charge in [0.1, 0.15) is 0 Å². The number of non-ortho nitro benzene ring substituents is 1. The van der Waals surface area contributed by atoms with Crippen molar-refractivity contribution < 1.29 is 14.8 Å². The number of nitro groups is 1. The van der Waals surface area contributed by atoms with Crippen molar-refractivity contribution in [1.29, 1.82) is 0 Å². The number of carbonyl (C=O) groups is 1. The van der Waals surface area contributed by atoms with E-state index in [-0.39, 0.29) is 11.3 Å². The third-order valence-corrected chi connectivity index (χ3v) is 2.95. The van der Waals surface area contributed by atoms with Crippen LogP contribution < -0.4 is 0 Å². The number of fused-ring (bicyclic) bond motifs is 1. The zero-order valence-corrected chi connectivity index (χ0v) is 8.15. The molecule has 6 heteroatoms. The van der Waals surface area contributed by atoms with E-state index in [1.165, 1.54) is 34.9 Å². The van der Waals surface area contributed by atoms with E-state index in [1.807, 2.05) is 0 Å². The lowest BCUT2D eigenvalue weighted by molar-refractivity contribution is -0.384. The predicted octanol–water partition coefficient (Wildman–Crippen LogP) is 2.51. The summed E-state index contributed by atoms with van der Waals surface area (Å²) in [6, 6.07) is 4.15. The van der Waals surface area contributed by atoms with E-state index in [0.29, 0.717) is 10.1 Å². The van der Waals surface area contributed by atoms with E-state index < -0.39 is 10.9 Å². The van der Waals surface area contributed by atoms with Crippen molar-refractivity contribution in [3.05, 3.63) is 39.3 Å². The van der Waals surface area contributed by atoms with Gasteiger partial charge < -0.3 is 5.11 Å². The summed E-state index contributed by atoms with van der Waals surface area (Å²) in [5.41, 5.74) is 0.159. The van der Waals surface area contributed by atoms with Gasteiger partial charge in [0.25, 0.3) is 5.69 Å². The van der Waals surface area contributed by atoms with E-state index in [4.69, 9.17) is 5.11 Å². The zero-order valence-electron chi connectivity index (χ0n) is 7.34. The molecule has 1 aromatic heterocycles. The molecule has 2 rings (SSSR count). The topological polar surface area (TPSA) is 80.4 Å². The Labute approximate surface area is 87.7 Å². The van der Waals surface area contributed by atoms with Crippen LogP contribution in [0.2, 0.25) is 0 Å². The van der Waals surface area contributed by atoms with E-state index in [2.05, 4.69) is 0 Å². The SMILES string of the molecule is O=C(O)c1csc2cc([N+](=O)[O-])ccc12. The monoisotopic (exact) mass is 223 g/mol. The maximum Gasteiger partial charge on any atom is 0.337 e. The highest BCUT2D eigenvalue weighted by Crippen LogP contribution is 2.29. The standard InChI is InChI=1S/C9H5NO4S/c11-9(12)7-4-15-8-3-5(10(13)14)1-2-6(7)8/h1-4H,(H,11,12). The third kappa shape index (κ3) is 1.55. The van der Waals surface area contributed by atoms with Gasteiger partial charge in [0, 0.05) is 27.6 Å². The highest BCUT2D eigenvalue weighted by Gasteiger charge is 2.13. The van der Waals surface area contributed by atoms with Crippen molar-refractivity contribution in [3.8, 4) is 0 Å². The van der Waals surface area contributed by atoms with Gasteiger partial charge in [0.2, 0.25) is 0 Å². The molecule has 1 N–H and O–H groups in total. The van der Waals surface area contributed by atoms with Crippen LogP contribution in [0, 0.1) is 10.1 Å². The Morgan fingerprint density at radius 2 is 2.20 bits per heavy atom. The maximum absolute atomic E-state index is 10.8. The smallest absolute Gasteiger partial charge is 0.337 e. The molecule has 0 saturated heterocycles. The van der Waals surface area contributed by atoms with Gasteiger partial charge in [0.15, 0.2) is 0 Å². The fraction of sp³-hybridized carbons (Fsp3) is 0. The fourth-order valence-electron chi connectivity index (χ4n) is 1.30. The Balaban J connectivity index is 2.66. The average Bonchev–Trinajstić information content (AvgIpc) is 2.59. The van der Waals surface area contributed by atoms with Crippen LogP contribution in [0.5, 0.6) is 0 Å². The second kappa shape index (κ2) is 3.32. The molecule has 1 heterocycles. The predicted molar refractivity (Wildman–Crippen MR) is 55.4 cm³/mol. The molecular weight excluding hydrogens is 218 g/mol. The normalized spacial score (nSPS) is 10.4. The summed E-state index contributed by atoms with van der Waals surface area (Å²) in [5.74, 6) is -1.02. The summed E-state index contributed by atoms with van der Waals surface area (Å²) in [4.78, 5) is 20.7. The van der Waals surface area contributed by atoms with Gasteiger partial charge in [-0.1, -0.05) is 0 Å². The van der Waals surface area contributed by atoms with Crippen LogP contribution in [0.1, 0.15) is 10.4 Å². The number of carboxylic acids is 1. The van der Waals surface area contributed by atoms with Crippen molar-refractivity contribution in [2.75, 3.05) is 0 Å². The molecule has 5 nitrogen and oxygen atoms in total. The molecule has 0 aliphatic carbocycles. The number of nitrogens with zero attached hydrogens (tertiary/aromatic N) is 1. The molecule has 0 radical (unpaired) electrons. The Morgan fingerprint density at radius 3 is 2.80 bits per heavy atom. The molecular formula is C9H5NO4S. The van der Waals surface area contributed by atoms with Crippen LogP contribution in [-0.4, -0.2) is 16.0 Å². The first-order valence-corrected chi connectivity index (χ1v) is 4.86. The summed E-state index contributed by atoms with van der Waals surface area (Å²) in [6.45, 7) is 0. The molecule has 0 saturated carbocycles. The third-order valence-electron chi connectivity index (χ3n) is 2.00. The molecule has 76 valence electrons. The van der Waals surface area contributed by atoms with E-state index in [1.54, 1.807) is 0 Å². The van der Waals surface area contributed by atoms with Crippen molar-refractivity contribution in [3.63, 3.8) is 0 Å². The molecule has 0 spiro atoms. The molecule has 2 aromatic rings.